The molecular weight excluding hydrogens is 172 g/mol. The van der Waals surface area contributed by atoms with Gasteiger partial charge in [-0.15, -0.1) is 0 Å². The number of hydrogen-bond donors (Lipinski definition) is 3. The van der Waals surface area contributed by atoms with E-state index in [0.29, 0.717) is 11.3 Å². The summed E-state index contributed by atoms with van der Waals surface area (Å²) in [6.07, 6.45) is -0.961. The van der Waals surface area contributed by atoms with Gasteiger partial charge in [0, 0.05) is 0 Å². The molecule has 0 heterocycles. The molecule has 0 aliphatic heterocycles. The van der Waals surface area contributed by atoms with Gasteiger partial charge in [-0.1, -0.05) is 6.07 Å². The van der Waals surface area contributed by atoms with Crippen LogP contribution in [0.3, 0.4) is 0 Å². The highest BCUT2D eigenvalue weighted by Crippen LogP contribution is 2.28. The van der Waals surface area contributed by atoms with Gasteiger partial charge in [0.2, 0.25) is 0 Å². The smallest absolute Gasteiger partial charge is 0.160 e. The highest BCUT2D eigenvalue weighted by atomic mass is 16.5. The number of rotatable bonds is 3. The van der Waals surface area contributed by atoms with Crippen LogP contribution in [0.15, 0.2) is 18.2 Å². The van der Waals surface area contributed by atoms with Crippen LogP contribution in [-0.2, 0) is 0 Å². The normalized spacial score (nSPS) is 12.5. The van der Waals surface area contributed by atoms with Gasteiger partial charge in [0.1, 0.15) is 6.10 Å². The first-order valence-corrected chi connectivity index (χ1v) is 3.85. The summed E-state index contributed by atoms with van der Waals surface area (Å²) in [6.45, 7) is -0.369. The third-order valence-electron chi connectivity index (χ3n) is 1.76. The van der Waals surface area contributed by atoms with E-state index in [4.69, 9.17) is 9.84 Å². The van der Waals surface area contributed by atoms with Crippen LogP contribution in [0.5, 0.6) is 11.5 Å². The minimum Gasteiger partial charge on any atom is -0.504 e. The van der Waals surface area contributed by atoms with Gasteiger partial charge in [-0.25, -0.2) is 0 Å². The maximum absolute atomic E-state index is 9.32. The molecule has 0 aliphatic rings. The predicted octanol–water partition coefficient (Wildman–Crippen LogP) is 0.426. The van der Waals surface area contributed by atoms with Crippen molar-refractivity contribution in [2.24, 2.45) is 0 Å². The molecule has 0 aromatic heterocycles. The Balaban J connectivity index is 2.95. The molecule has 0 saturated carbocycles. The second kappa shape index (κ2) is 4.11. The van der Waals surface area contributed by atoms with E-state index in [0.717, 1.165) is 0 Å². The first-order valence-electron chi connectivity index (χ1n) is 3.85. The van der Waals surface area contributed by atoms with E-state index in [1.165, 1.54) is 19.2 Å². The molecule has 0 saturated heterocycles. The van der Waals surface area contributed by atoms with Crippen LogP contribution in [0.4, 0.5) is 0 Å². The van der Waals surface area contributed by atoms with Crippen molar-refractivity contribution < 1.29 is 20.1 Å². The third-order valence-corrected chi connectivity index (χ3v) is 1.76. The molecule has 1 atom stereocenters. The second-order valence-corrected chi connectivity index (χ2v) is 2.63. The number of phenols is 1. The zero-order chi connectivity index (χ0) is 9.84. The molecule has 0 radical (unpaired) electrons. The lowest BCUT2D eigenvalue weighted by molar-refractivity contribution is 0.0953. The number of benzene rings is 1. The van der Waals surface area contributed by atoms with Crippen LogP contribution in [0.2, 0.25) is 0 Å². The first-order chi connectivity index (χ1) is 6.19. The highest BCUT2D eigenvalue weighted by Gasteiger charge is 2.08. The van der Waals surface area contributed by atoms with E-state index in [-0.39, 0.29) is 12.4 Å². The van der Waals surface area contributed by atoms with Crippen molar-refractivity contribution in [3.63, 3.8) is 0 Å². The Morgan fingerprint density at radius 2 is 2.15 bits per heavy atom. The number of aliphatic hydroxyl groups is 2. The van der Waals surface area contributed by atoms with E-state index in [9.17, 15) is 10.2 Å². The number of aromatic hydroxyl groups is 1. The zero-order valence-corrected chi connectivity index (χ0v) is 7.27. The fourth-order valence-corrected chi connectivity index (χ4v) is 1.02. The molecule has 1 aromatic rings. The topological polar surface area (TPSA) is 69.9 Å². The molecule has 1 aromatic carbocycles. The molecule has 4 heteroatoms. The summed E-state index contributed by atoms with van der Waals surface area (Å²) < 4.78 is 4.82. The van der Waals surface area contributed by atoms with Gasteiger partial charge in [-0.2, -0.15) is 0 Å². The fourth-order valence-electron chi connectivity index (χ4n) is 1.02. The Morgan fingerprint density at radius 3 is 2.62 bits per heavy atom. The van der Waals surface area contributed by atoms with E-state index < -0.39 is 6.10 Å². The average Bonchev–Trinajstić information content (AvgIpc) is 2.16. The molecular formula is C9H12O4. The Kier molecular flexibility index (Phi) is 3.11. The molecule has 0 spiro atoms. The van der Waals surface area contributed by atoms with Crippen molar-refractivity contribution in [1.82, 2.24) is 0 Å². The van der Waals surface area contributed by atoms with Crippen LogP contribution in [0, 0.1) is 0 Å². The quantitative estimate of drug-likeness (QED) is 0.637. The Labute approximate surface area is 76.0 Å². The van der Waals surface area contributed by atoms with Crippen LogP contribution in [-0.4, -0.2) is 29.0 Å². The van der Waals surface area contributed by atoms with Crippen molar-refractivity contribution in [1.29, 1.82) is 0 Å². The van der Waals surface area contributed by atoms with Crippen molar-refractivity contribution in [2.45, 2.75) is 6.10 Å². The highest BCUT2D eigenvalue weighted by molar-refractivity contribution is 5.42. The predicted molar refractivity (Wildman–Crippen MR) is 46.7 cm³/mol. The van der Waals surface area contributed by atoms with E-state index in [2.05, 4.69) is 0 Å². The summed E-state index contributed by atoms with van der Waals surface area (Å²) in [6, 6.07) is 4.47. The average molecular weight is 184 g/mol. The van der Waals surface area contributed by atoms with Crippen molar-refractivity contribution in [3.8, 4) is 11.5 Å². The Hall–Kier alpha value is -1.26. The molecule has 0 bridgehead atoms. The van der Waals surface area contributed by atoms with Gasteiger partial charge in [-0.05, 0) is 17.7 Å². The van der Waals surface area contributed by atoms with E-state index in [1.807, 2.05) is 0 Å². The van der Waals surface area contributed by atoms with Gasteiger partial charge >= 0.3 is 0 Å². The van der Waals surface area contributed by atoms with Gasteiger partial charge < -0.3 is 20.1 Å². The largest absolute Gasteiger partial charge is 0.504 e. The molecule has 72 valence electrons. The molecule has 0 aliphatic carbocycles. The molecule has 0 amide bonds. The molecule has 3 N–H and O–H groups in total. The SMILES string of the molecule is COc1ccc(C(O)CO)cc1O. The van der Waals surface area contributed by atoms with Gasteiger partial charge in [-0.3, -0.25) is 0 Å². The number of methoxy groups -OCH3 is 1. The lowest BCUT2D eigenvalue weighted by atomic mass is 10.1. The Morgan fingerprint density at radius 1 is 1.46 bits per heavy atom. The molecule has 1 unspecified atom stereocenters. The molecule has 13 heavy (non-hydrogen) atoms. The number of ether oxygens (including phenoxy) is 1. The lowest BCUT2D eigenvalue weighted by Gasteiger charge is -2.09. The second-order valence-electron chi connectivity index (χ2n) is 2.63. The Bertz CT molecular complexity index is 285. The summed E-state index contributed by atoms with van der Waals surface area (Å²) in [7, 11) is 1.44. The van der Waals surface area contributed by atoms with Crippen molar-refractivity contribution in [2.75, 3.05) is 13.7 Å². The number of hydrogen-bond acceptors (Lipinski definition) is 4. The maximum atomic E-state index is 9.32. The summed E-state index contributed by atoms with van der Waals surface area (Å²) in [5.41, 5.74) is 0.459. The number of phenolic OH excluding ortho intramolecular Hbond substituents is 1. The maximum Gasteiger partial charge on any atom is 0.160 e. The van der Waals surface area contributed by atoms with E-state index >= 15 is 0 Å². The monoisotopic (exact) mass is 184 g/mol. The number of aliphatic hydroxyl groups excluding tert-OH is 2. The fraction of sp³-hybridized carbons (Fsp3) is 0.333. The van der Waals surface area contributed by atoms with Crippen molar-refractivity contribution in [3.05, 3.63) is 23.8 Å². The zero-order valence-electron chi connectivity index (χ0n) is 7.27. The summed E-state index contributed by atoms with van der Waals surface area (Å²) in [5.74, 6) is 0.293. The molecule has 1 rings (SSSR count). The summed E-state index contributed by atoms with van der Waals surface area (Å²) in [4.78, 5) is 0. The van der Waals surface area contributed by atoms with Gasteiger partial charge in [0.05, 0.1) is 13.7 Å². The van der Waals surface area contributed by atoms with Gasteiger partial charge in [0.25, 0.3) is 0 Å². The molecule has 4 nitrogen and oxygen atoms in total. The summed E-state index contributed by atoms with van der Waals surface area (Å²) in [5, 5.41) is 27.2. The summed E-state index contributed by atoms with van der Waals surface area (Å²) >= 11 is 0. The van der Waals surface area contributed by atoms with Gasteiger partial charge in [0.15, 0.2) is 11.5 Å². The first kappa shape index (κ1) is 9.83. The molecule has 0 fully saturated rings. The van der Waals surface area contributed by atoms with Crippen molar-refractivity contribution >= 4 is 0 Å². The van der Waals surface area contributed by atoms with Crippen LogP contribution < -0.4 is 4.74 Å². The van der Waals surface area contributed by atoms with Crippen LogP contribution >= 0.6 is 0 Å². The minimum absolute atomic E-state index is 0.0486. The van der Waals surface area contributed by atoms with Crippen LogP contribution in [0.25, 0.3) is 0 Å². The van der Waals surface area contributed by atoms with E-state index in [1.54, 1.807) is 6.07 Å². The minimum atomic E-state index is -0.961. The third kappa shape index (κ3) is 2.11. The lowest BCUT2D eigenvalue weighted by Crippen LogP contribution is -2.02. The standard InChI is InChI=1S/C9H12O4/c1-13-9-3-2-6(4-7(9)11)8(12)5-10/h2-4,8,10-12H,5H2,1H3. The van der Waals surface area contributed by atoms with Crippen LogP contribution in [0.1, 0.15) is 11.7 Å².